The quantitative estimate of drug-likeness (QED) is 0.663. The molecule has 0 aliphatic rings. The molecular weight excluding hydrogens is 364 g/mol. The van der Waals surface area contributed by atoms with Crippen LogP contribution in [0.2, 0.25) is 5.15 Å². The van der Waals surface area contributed by atoms with Crippen LogP contribution in [-0.4, -0.2) is 27.5 Å². The number of sulfone groups is 1. The van der Waals surface area contributed by atoms with Crippen molar-refractivity contribution in [2.24, 2.45) is 0 Å². The molecule has 3 heterocycles. The van der Waals surface area contributed by atoms with Gasteiger partial charge in [0, 0.05) is 24.0 Å². The van der Waals surface area contributed by atoms with E-state index in [0.717, 1.165) is 0 Å². The Morgan fingerprint density at radius 1 is 1.24 bits per heavy atom. The number of anilines is 1. The van der Waals surface area contributed by atoms with Gasteiger partial charge in [-0.1, -0.05) is 11.6 Å². The molecule has 9 heteroatoms. The number of aromatic nitrogens is 3. The predicted octanol–water partition coefficient (Wildman–Crippen LogP) is 2.50. The van der Waals surface area contributed by atoms with E-state index < -0.39 is 20.0 Å². The zero-order valence-corrected chi connectivity index (χ0v) is 15.4. The van der Waals surface area contributed by atoms with Crippen LogP contribution in [0, 0.1) is 0 Å². The standard InChI is InChI=1S/C16H17ClN4O3S/c1-16(2,3)25(23,24)12-8-21-10(7-19-15(21)6-11(12)22)9-4-13(17)20-14(18)5-9/h4-8,19H,1-3H3,(H2,18,20). The van der Waals surface area contributed by atoms with E-state index in [-0.39, 0.29) is 15.9 Å². The van der Waals surface area contributed by atoms with Gasteiger partial charge in [-0.05, 0) is 32.9 Å². The smallest absolute Gasteiger partial charge is 0.202 e. The molecule has 3 N–H and O–H groups in total. The van der Waals surface area contributed by atoms with E-state index in [1.54, 1.807) is 43.5 Å². The number of nitrogens with two attached hydrogens (primary N) is 1. The van der Waals surface area contributed by atoms with E-state index in [9.17, 15) is 13.2 Å². The molecule has 0 aliphatic carbocycles. The molecule has 0 fully saturated rings. The highest BCUT2D eigenvalue weighted by Crippen LogP contribution is 2.27. The van der Waals surface area contributed by atoms with Gasteiger partial charge in [0.05, 0.1) is 10.4 Å². The molecule has 25 heavy (non-hydrogen) atoms. The van der Waals surface area contributed by atoms with Gasteiger partial charge in [0.2, 0.25) is 5.43 Å². The highest BCUT2D eigenvalue weighted by atomic mass is 35.5. The summed E-state index contributed by atoms with van der Waals surface area (Å²) >= 11 is 5.95. The summed E-state index contributed by atoms with van der Waals surface area (Å²) in [7, 11) is -3.80. The van der Waals surface area contributed by atoms with Crippen LogP contribution in [-0.2, 0) is 9.84 Å². The third kappa shape index (κ3) is 2.91. The number of H-pyrrole nitrogens is 1. The number of nitrogens with zero attached hydrogens (tertiary/aromatic N) is 2. The molecule has 0 saturated heterocycles. The van der Waals surface area contributed by atoms with Gasteiger partial charge < -0.3 is 10.7 Å². The van der Waals surface area contributed by atoms with Crippen LogP contribution >= 0.6 is 11.6 Å². The molecule has 0 saturated carbocycles. The van der Waals surface area contributed by atoms with E-state index in [0.29, 0.717) is 16.9 Å². The van der Waals surface area contributed by atoms with Crippen molar-refractivity contribution >= 4 is 32.9 Å². The molecule has 0 aromatic carbocycles. The topological polar surface area (TPSA) is 110 Å². The molecule has 132 valence electrons. The fourth-order valence-electron chi connectivity index (χ4n) is 2.46. The molecule has 0 amide bonds. The van der Waals surface area contributed by atoms with Gasteiger partial charge in [0.1, 0.15) is 21.5 Å². The van der Waals surface area contributed by atoms with Gasteiger partial charge in [-0.3, -0.25) is 9.20 Å². The lowest BCUT2D eigenvalue weighted by Crippen LogP contribution is -2.32. The van der Waals surface area contributed by atoms with Crippen molar-refractivity contribution in [2.75, 3.05) is 5.73 Å². The molecule has 0 atom stereocenters. The maximum absolute atomic E-state index is 12.7. The number of rotatable bonds is 2. The normalized spacial score (nSPS) is 12.6. The Bertz CT molecular complexity index is 1120. The van der Waals surface area contributed by atoms with Crippen LogP contribution in [0.1, 0.15) is 20.8 Å². The third-order valence-corrected chi connectivity index (χ3v) is 6.53. The van der Waals surface area contributed by atoms with E-state index in [4.69, 9.17) is 17.3 Å². The van der Waals surface area contributed by atoms with Gasteiger partial charge in [-0.25, -0.2) is 13.4 Å². The number of aromatic amines is 1. The first-order valence-corrected chi connectivity index (χ1v) is 9.29. The van der Waals surface area contributed by atoms with Crippen molar-refractivity contribution in [3.05, 3.63) is 46.0 Å². The van der Waals surface area contributed by atoms with Gasteiger partial charge in [-0.15, -0.1) is 0 Å². The number of hydrogen-bond acceptors (Lipinski definition) is 5. The van der Waals surface area contributed by atoms with Crippen molar-refractivity contribution in [1.82, 2.24) is 14.4 Å². The molecule has 3 aromatic heterocycles. The molecule has 0 radical (unpaired) electrons. The summed E-state index contributed by atoms with van der Waals surface area (Å²) in [6.45, 7) is 4.66. The summed E-state index contributed by atoms with van der Waals surface area (Å²) in [5.41, 5.74) is 6.88. The van der Waals surface area contributed by atoms with Crippen LogP contribution in [0.25, 0.3) is 16.9 Å². The largest absolute Gasteiger partial charge is 0.384 e. The van der Waals surface area contributed by atoms with Crippen molar-refractivity contribution in [3.8, 4) is 11.3 Å². The maximum Gasteiger partial charge on any atom is 0.202 e. The molecule has 0 spiro atoms. The van der Waals surface area contributed by atoms with Gasteiger partial charge in [0.15, 0.2) is 9.84 Å². The van der Waals surface area contributed by atoms with Crippen LogP contribution in [0.15, 0.2) is 40.3 Å². The molecule has 3 aromatic rings. The number of imidazole rings is 1. The summed E-state index contributed by atoms with van der Waals surface area (Å²) in [6.07, 6.45) is 2.97. The second kappa shape index (κ2) is 5.60. The SMILES string of the molecule is CC(C)(C)S(=O)(=O)c1cn2c(-c3cc(N)nc(Cl)c3)c[nH]c2cc1=O. The number of pyridine rings is 2. The van der Waals surface area contributed by atoms with Crippen LogP contribution in [0.5, 0.6) is 0 Å². The van der Waals surface area contributed by atoms with Gasteiger partial charge in [0.25, 0.3) is 0 Å². The maximum atomic E-state index is 12.7. The molecular formula is C16H17ClN4O3S. The fourth-order valence-corrected chi connectivity index (χ4v) is 3.90. The van der Waals surface area contributed by atoms with E-state index in [2.05, 4.69) is 9.97 Å². The Labute approximate surface area is 149 Å². The van der Waals surface area contributed by atoms with Crippen LogP contribution in [0.4, 0.5) is 5.82 Å². The molecule has 3 rings (SSSR count). The lowest BCUT2D eigenvalue weighted by Gasteiger charge is -2.18. The second-order valence-corrected chi connectivity index (χ2v) is 9.71. The highest BCUT2D eigenvalue weighted by Gasteiger charge is 2.33. The van der Waals surface area contributed by atoms with E-state index in [1.165, 1.54) is 12.3 Å². The number of nitrogens with one attached hydrogen (secondary N) is 1. The number of halogens is 1. The zero-order chi connectivity index (χ0) is 18.6. The molecule has 0 aliphatic heterocycles. The zero-order valence-electron chi connectivity index (χ0n) is 13.9. The summed E-state index contributed by atoms with van der Waals surface area (Å²) in [5.74, 6) is 0.237. The monoisotopic (exact) mass is 380 g/mol. The van der Waals surface area contributed by atoms with Gasteiger partial charge >= 0.3 is 0 Å². The minimum Gasteiger partial charge on any atom is -0.384 e. The Morgan fingerprint density at radius 2 is 1.92 bits per heavy atom. The minimum absolute atomic E-state index is 0.216. The number of hydrogen-bond donors (Lipinski definition) is 2. The first-order chi connectivity index (χ1) is 11.5. The van der Waals surface area contributed by atoms with Gasteiger partial charge in [-0.2, -0.15) is 0 Å². The van der Waals surface area contributed by atoms with Crippen molar-refractivity contribution in [3.63, 3.8) is 0 Å². The van der Waals surface area contributed by atoms with Crippen molar-refractivity contribution < 1.29 is 8.42 Å². The lowest BCUT2D eigenvalue weighted by molar-refractivity contribution is 0.559. The predicted molar refractivity (Wildman–Crippen MR) is 97.6 cm³/mol. The Balaban J connectivity index is 2.32. The molecule has 7 nitrogen and oxygen atoms in total. The van der Waals surface area contributed by atoms with Crippen LogP contribution in [0.3, 0.4) is 0 Å². The van der Waals surface area contributed by atoms with Crippen LogP contribution < -0.4 is 11.2 Å². The van der Waals surface area contributed by atoms with Crippen molar-refractivity contribution in [2.45, 2.75) is 30.4 Å². The Hall–Kier alpha value is -2.32. The Morgan fingerprint density at radius 3 is 2.52 bits per heavy atom. The molecule has 0 unspecified atom stereocenters. The first kappa shape index (κ1) is 17.5. The highest BCUT2D eigenvalue weighted by molar-refractivity contribution is 7.92. The lowest BCUT2D eigenvalue weighted by atomic mass is 10.2. The summed E-state index contributed by atoms with van der Waals surface area (Å²) < 4.78 is 25.9. The average Bonchev–Trinajstić information content (AvgIpc) is 2.86. The Kier molecular flexibility index (Phi) is 3.92. The fraction of sp³-hybridized carbons (Fsp3) is 0.250. The second-order valence-electron chi connectivity index (χ2n) is 6.65. The molecule has 0 bridgehead atoms. The van der Waals surface area contributed by atoms with E-state index in [1.807, 2.05) is 0 Å². The summed E-state index contributed by atoms with van der Waals surface area (Å²) in [5, 5.41) is 0.216. The first-order valence-electron chi connectivity index (χ1n) is 7.42. The minimum atomic E-state index is -3.80. The number of fused-ring (bicyclic) bond motifs is 1. The number of nitrogen functional groups attached to an aromatic ring is 1. The summed E-state index contributed by atoms with van der Waals surface area (Å²) in [4.78, 5) is 18.9. The van der Waals surface area contributed by atoms with Crippen molar-refractivity contribution in [1.29, 1.82) is 0 Å². The van der Waals surface area contributed by atoms with E-state index >= 15 is 0 Å². The third-order valence-electron chi connectivity index (χ3n) is 3.84. The summed E-state index contributed by atoms with van der Waals surface area (Å²) in [6, 6.07) is 4.48. The average molecular weight is 381 g/mol.